The van der Waals surface area contributed by atoms with Crippen LogP contribution >= 0.6 is 0 Å². The van der Waals surface area contributed by atoms with Gasteiger partial charge in [-0.3, -0.25) is 0 Å². The van der Waals surface area contributed by atoms with Crippen LogP contribution in [0.5, 0.6) is 0 Å². The lowest BCUT2D eigenvalue weighted by atomic mass is 9.91. The van der Waals surface area contributed by atoms with Crippen LogP contribution in [0.25, 0.3) is 11.2 Å². The summed E-state index contributed by atoms with van der Waals surface area (Å²) < 4.78 is 5.88. The van der Waals surface area contributed by atoms with Gasteiger partial charge in [-0.2, -0.15) is 0 Å². The number of fused-ring (bicyclic) bond motifs is 3. The molecule has 4 rings (SSSR count). The van der Waals surface area contributed by atoms with Crippen LogP contribution in [0.1, 0.15) is 37.9 Å². The molecular weight excluding hydrogens is 254 g/mol. The largest absolute Gasteiger partial charge is 0.382 e. The minimum atomic E-state index is 0.495. The van der Waals surface area contributed by atoms with E-state index in [2.05, 4.69) is 19.9 Å². The molecule has 2 aromatic heterocycles. The Hall–Kier alpha value is -1.69. The molecule has 6 nitrogen and oxygen atoms in total. The van der Waals surface area contributed by atoms with E-state index in [-0.39, 0.29) is 0 Å². The summed E-state index contributed by atoms with van der Waals surface area (Å²) in [6.07, 6.45) is 9.46. The lowest BCUT2D eigenvalue weighted by Crippen LogP contribution is -2.25. The van der Waals surface area contributed by atoms with E-state index < -0.39 is 0 Å². The zero-order chi connectivity index (χ0) is 13.5. The van der Waals surface area contributed by atoms with Crippen LogP contribution in [-0.2, 0) is 11.2 Å². The van der Waals surface area contributed by atoms with Crippen molar-refractivity contribution in [3.05, 3.63) is 12.2 Å². The normalized spacial score (nSPS) is 29.1. The fourth-order valence-corrected chi connectivity index (χ4v) is 3.55. The van der Waals surface area contributed by atoms with Crippen molar-refractivity contribution in [2.75, 3.05) is 5.73 Å². The number of hydrogen-bond acceptors (Lipinski definition) is 5. The van der Waals surface area contributed by atoms with Gasteiger partial charge in [-0.05, 0) is 38.0 Å². The molecule has 106 valence electrons. The van der Waals surface area contributed by atoms with Gasteiger partial charge in [0.05, 0.1) is 18.5 Å². The molecule has 2 bridgehead atoms. The molecule has 6 heteroatoms. The molecule has 2 fully saturated rings. The molecule has 0 aliphatic carbocycles. The maximum Gasteiger partial charge on any atom is 0.183 e. The predicted octanol–water partition coefficient (Wildman–Crippen LogP) is 1.83. The topological polar surface area (TPSA) is 89.7 Å². The van der Waals surface area contributed by atoms with E-state index >= 15 is 0 Å². The molecule has 2 unspecified atom stereocenters. The third-order valence-electron chi connectivity index (χ3n) is 4.52. The second-order valence-electron chi connectivity index (χ2n) is 5.96. The number of H-pyrrole nitrogens is 1. The lowest BCUT2D eigenvalue weighted by molar-refractivity contribution is -0.0208. The number of imidazole rings is 1. The van der Waals surface area contributed by atoms with Crippen molar-refractivity contribution in [2.45, 2.75) is 50.7 Å². The monoisotopic (exact) mass is 273 g/mol. The van der Waals surface area contributed by atoms with Gasteiger partial charge in [0.15, 0.2) is 11.5 Å². The van der Waals surface area contributed by atoms with Gasteiger partial charge in [0.25, 0.3) is 0 Å². The van der Waals surface area contributed by atoms with Crippen molar-refractivity contribution in [3.63, 3.8) is 0 Å². The Morgan fingerprint density at radius 1 is 1.25 bits per heavy atom. The van der Waals surface area contributed by atoms with Gasteiger partial charge in [-0.25, -0.2) is 15.0 Å². The third-order valence-corrected chi connectivity index (χ3v) is 4.52. The van der Waals surface area contributed by atoms with Crippen LogP contribution in [-0.4, -0.2) is 32.1 Å². The molecule has 3 N–H and O–H groups in total. The highest BCUT2D eigenvalue weighted by molar-refractivity contribution is 5.80. The van der Waals surface area contributed by atoms with Gasteiger partial charge in [0.2, 0.25) is 0 Å². The summed E-state index contributed by atoms with van der Waals surface area (Å²) in [6, 6.07) is 0. The average Bonchev–Trinajstić information content (AvgIpc) is 3.03. The fraction of sp³-hybridized carbons (Fsp3) is 0.643. The van der Waals surface area contributed by atoms with E-state index in [9.17, 15) is 0 Å². The minimum Gasteiger partial charge on any atom is -0.382 e. The predicted molar refractivity (Wildman–Crippen MR) is 75.0 cm³/mol. The van der Waals surface area contributed by atoms with Gasteiger partial charge in [-0.1, -0.05) is 0 Å². The van der Waals surface area contributed by atoms with Gasteiger partial charge >= 0.3 is 0 Å². The number of nitrogens with two attached hydrogens (primary N) is 1. The molecule has 2 saturated heterocycles. The SMILES string of the molecule is Nc1nc(CCC2CC3CCC(C2)O3)nc2nc[nH]c12. The lowest BCUT2D eigenvalue weighted by Gasteiger charge is -2.28. The fourth-order valence-electron chi connectivity index (χ4n) is 3.55. The minimum absolute atomic E-state index is 0.495. The Morgan fingerprint density at radius 2 is 2.05 bits per heavy atom. The summed E-state index contributed by atoms with van der Waals surface area (Å²) in [5, 5.41) is 0. The molecule has 2 atom stereocenters. The third kappa shape index (κ3) is 2.14. The highest BCUT2D eigenvalue weighted by Crippen LogP contribution is 2.37. The molecule has 0 radical (unpaired) electrons. The second-order valence-corrected chi connectivity index (χ2v) is 5.96. The van der Waals surface area contributed by atoms with Crippen molar-refractivity contribution < 1.29 is 4.74 Å². The quantitative estimate of drug-likeness (QED) is 0.890. The van der Waals surface area contributed by atoms with Crippen LogP contribution < -0.4 is 5.73 Å². The number of aryl methyl sites for hydroxylation is 1. The smallest absolute Gasteiger partial charge is 0.183 e. The first-order valence-electron chi connectivity index (χ1n) is 7.39. The summed E-state index contributed by atoms with van der Waals surface area (Å²) in [7, 11) is 0. The average molecular weight is 273 g/mol. The highest BCUT2D eigenvalue weighted by atomic mass is 16.5. The van der Waals surface area contributed by atoms with Crippen LogP contribution in [0.15, 0.2) is 6.33 Å². The molecule has 2 aliphatic heterocycles. The van der Waals surface area contributed by atoms with E-state index in [1.165, 1.54) is 25.7 Å². The Bertz CT molecular complexity index is 613. The number of ether oxygens (including phenoxy) is 1. The number of aromatic nitrogens is 4. The summed E-state index contributed by atoms with van der Waals surface area (Å²) >= 11 is 0. The molecule has 4 heterocycles. The standard InChI is InChI=1S/C14H19N5O/c15-13-12-14(17-7-16-12)19-11(18-13)4-1-8-5-9-2-3-10(6-8)20-9/h7-10H,1-6H2,(H3,15,16,17,18,19). The number of anilines is 1. The maximum absolute atomic E-state index is 5.92. The zero-order valence-electron chi connectivity index (χ0n) is 11.4. The van der Waals surface area contributed by atoms with E-state index in [0.717, 1.165) is 30.1 Å². The maximum atomic E-state index is 5.92. The van der Waals surface area contributed by atoms with E-state index in [1.807, 2.05) is 0 Å². The molecule has 2 aromatic rings. The Morgan fingerprint density at radius 3 is 2.85 bits per heavy atom. The van der Waals surface area contributed by atoms with Crippen LogP contribution in [0.4, 0.5) is 5.82 Å². The second kappa shape index (κ2) is 4.70. The number of rotatable bonds is 3. The molecular formula is C14H19N5O. The van der Waals surface area contributed by atoms with Crippen LogP contribution in [0, 0.1) is 5.92 Å². The van der Waals surface area contributed by atoms with Gasteiger partial charge in [0.1, 0.15) is 11.3 Å². The molecule has 0 amide bonds. The molecule has 20 heavy (non-hydrogen) atoms. The van der Waals surface area contributed by atoms with Crippen molar-refractivity contribution in [2.24, 2.45) is 5.92 Å². The summed E-state index contributed by atoms with van der Waals surface area (Å²) in [4.78, 5) is 16.0. The molecule has 0 saturated carbocycles. The zero-order valence-corrected chi connectivity index (χ0v) is 11.4. The van der Waals surface area contributed by atoms with E-state index in [1.54, 1.807) is 6.33 Å². The summed E-state index contributed by atoms with van der Waals surface area (Å²) in [5.41, 5.74) is 7.32. The van der Waals surface area contributed by atoms with Gasteiger partial charge in [0, 0.05) is 6.42 Å². The van der Waals surface area contributed by atoms with Crippen molar-refractivity contribution in [3.8, 4) is 0 Å². The molecule has 0 aromatic carbocycles. The first kappa shape index (κ1) is 12.1. The van der Waals surface area contributed by atoms with Gasteiger partial charge < -0.3 is 15.5 Å². The molecule has 0 spiro atoms. The number of nitrogens with one attached hydrogen (secondary N) is 1. The number of nitrogen functional groups attached to an aromatic ring is 1. The Labute approximate surface area is 117 Å². The van der Waals surface area contributed by atoms with E-state index in [4.69, 9.17) is 10.5 Å². The Balaban J connectivity index is 1.45. The number of aromatic amines is 1. The molecule has 2 aliphatic rings. The van der Waals surface area contributed by atoms with Crippen LogP contribution in [0.3, 0.4) is 0 Å². The summed E-state index contributed by atoms with van der Waals surface area (Å²) in [5.74, 6) is 2.04. The van der Waals surface area contributed by atoms with Gasteiger partial charge in [-0.15, -0.1) is 0 Å². The van der Waals surface area contributed by atoms with Crippen molar-refractivity contribution >= 4 is 17.0 Å². The van der Waals surface area contributed by atoms with Crippen molar-refractivity contribution in [1.82, 2.24) is 19.9 Å². The first-order chi connectivity index (χ1) is 9.78. The van der Waals surface area contributed by atoms with E-state index in [0.29, 0.717) is 23.7 Å². The van der Waals surface area contributed by atoms with Crippen molar-refractivity contribution in [1.29, 1.82) is 0 Å². The van der Waals surface area contributed by atoms with Crippen LogP contribution in [0.2, 0.25) is 0 Å². The first-order valence-corrected chi connectivity index (χ1v) is 7.39. The number of nitrogens with zero attached hydrogens (tertiary/aromatic N) is 3. The highest BCUT2D eigenvalue weighted by Gasteiger charge is 2.34. The number of hydrogen-bond donors (Lipinski definition) is 2. The summed E-state index contributed by atoms with van der Waals surface area (Å²) in [6.45, 7) is 0. The Kier molecular flexibility index (Phi) is 2.84.